The smallest absolute Gasteiger partial charge is 0.269 e. The lowest BCUT2D eigenvalue weighted by atomic mass is 10.3. The number of carbonyl (C=O) groups excluding carboxylic acids is 1. The first-order valence-electron chi connectivity index (χ1n) is 5.57. The van der Waals surface area contributed by atoms with E-state index in [-0.39, 0.29) is 16.6 Å². The molecule has 0 fully saturated rings. The molecule has 0 aliphatic carbocycles. The van der Waals surface area contributed by atoms with Gasteiger partial charge in [0.25, 0.3) is 5.56 Å². The largest absolute Gasteiger partial charge is 0.323 e. The highest BCUT2D eigenvalue weighted by atomic mass is 35.5. The Bertz CT molecular complexity index is 713. The minimum Gasteiger partial charge on any atom is -0.323 e. The highest BCUT2D eigenvalue weighted by molar-refractivity contribution is 6.34. The van der Waals surface area contributed by atoms with Gasteiger partial charge in [-0.15, -0.1) is 0 Å². The summed E-state index contributed by atoms with van der Waals surface area (Å²) in [6.07, 6.45) is 1.35. The van der Waals surface area contributed by atoms with Crippen molar-refractivity contribution in [2.45, 2.75) is 6.54 Å². The molecule has 0 aliphatic heterocycles. The van der Waals surface area contributed by atoms with Gasteiger partial charge in [0.2, 0.25) is 5.91 Å². The van der Waals surface area contributed by atoms with Gasteiger partial charge in [0.05, 0.1) is 15.7 Å². The first-order valence-corrected chi connectivity index (χ1v) is 6.70. The Morgan fingerprint density at radius 1 is 1.15 bits per heavy atom. The lowest BCUT2D eigenvalue weighted by molar-refractivity contribution is -0.116. The van der Waals surface area contributed by atoms with Crippen LogP contribution in [-0.4, -0.2) is 10.5 Å². The summed E-state index contributed by atoms with van der Waals surface area (Å²) in [7, 11) is 0. The van der Waals surface area contributed by atoms with Crippen LogP contribution in [0.3, 0.4) is 0 Å². The highest BCUT2D eigenvalue weighted by Gasteiger charge is 2.09. The standard InChI is InChI=1S/C13H9Cl3N2O2/c14-8-5-10(16)13(20)18(6-8)7-12(19)17-11-4-2-1-3-9(11)15/h1-6H,7H2,(H,17,19). The van der Waals surface area contributed by atoms with E-state index in [0.717, 1.165) is 4.57 Å². The molecule has 104 valence electrons. The third-order valence-corrected chi connectivity index (χ3v) is 3.28. The Morgan fingerprint density at radius 3 is 2.55 bits per heavy atom. The Hall–Kier alpha value is -1.49. The van der Waals surface area contributed by atoms with Gasteiger partial charge in [-0.2, -0.15) is 0 Å². The summed E-state index contributed by atoms with van der Waals surface area (Å²) in [5.41, 5.74) is -0.00860. The number of carbonyl (C=O) groups is 1. The zero-order valence-corrected chi connectivity index (χ0v) is 12.3. The van der Waals surface area contributed by atoms with Gasteiger partial charge in [0.15, 0.2) is 0 Å². The van der Waals surface area contributed by atoms with Crippen LogP contribution >= 0.6 is 34.8 Å². The number of halogens is 3. The number of aromatic nitrogens is 1. The molecule has 1 heterocycles. The zero-order chi connectivity index (χ0) is 14.7. The Balaban J connectivity index is 2.17. The first kappa shape index (κ1) is 14.9. The Kier molecular flexibility index (Phi) is 4.70. The summed E-state index contributed by atoms with van der Waals surface area (Å²) in [5.74, 6) is -0.404. The second-order valence-electron chi connectivity index (χ2n) is 3.97. The third-order valence-electron chi connectivity index (χ3n) is 2.47. The van der Waals surface area contributed by atoms with E-state index in [1.807, 2.05) is 0 Å². The Labute approximate surface area is 129 Å². The molecule has 1 aromatic heterocycles. The molecule has 0 spiro atoms. The topological polar surface area (TPSA) is 51.1 Å². The summed E-state index contributed by atoms with van der Waals surface area (Å²) in [6, 6.07) is 8.13. The van der Waals surface area contributed by atoms with E-state index in [4.69, 9.17) is 34.8 Å². The number of anilines is 1. The van der Waals surface area contributed by atoms with E-state index in [2.05, 4.69) is 5.32 Å². The van der Waals surface area contributed by atoms with Crippen LogP contribution in [0, 0.1) is 0 Å². The molecule has 0 unspecified atom stereocenters. The predicted molar refractivity (Wildman–Crippen MR) is 80.8 cm³/mol. The average molecular weight is 332 g/mol. The predicted octanol–water partition coefficient (Wildman–Crippen LogP) is 3.45. The molecule has 0 atom stereocenters. The molecule has 0 bridgehead atoms. The monoisotopic (exact) mass is 330 g/mol. The van der Waals surface area contributed by atoms with Gasteiger partial charge in [-0.3, -0.25) is 9.59 Å². The number of nitrogens with zero attached hydrogens (tertiary/aromatic N) is 1. The van der Waals surface area contributed by atoms with Crippen molar-refractivity contribution in [3.05, 3.63) is 62.0 Å². The van der Waals surface area contributed by atoms with Crippen molar-refractivity contribution in [3.8, 4) is 0 Å². The van der Waals surface area contributed by atoms with Gasteiger partial charge in [0, 0.05) is 6.20 Å². The number of rotatable bonds is 3. The molecule has 0 saturated heterocycles. The van der Waals surface area contributed by atoms with Crippen molar-refractivity contribution >= 4 is 46.4 Å². The third kappa shape index (κ3) is 3.54. The normalized spacial score (nSPS) is 10.3. The average Bonchev–Trinajstić information content (AvgIpc) is 2.38. The minimum atomic E-state index is -0.481. The van der Waals surface area contributed by atoms with Gasteiger partial charge in [0.1, 0.15) is 11.6 Å². The van der Waals surface area contributed by atoms with Crippen molar-refractivity contribution in [1.29, 1.82) is 0 Å². The SMILES string of the molecule is O=C(Cn1cc(Cl)cc(Cl)c1=O)Nc1ccccc1Cl. The van der Waals surface area contributed by atoms with Crippen LogP contribution in [0.15, 0.2) is 41.3 Å². The van der Waals surface area contributed by atoms with Crippen LogP contribution in [0.4, 0.5) is 5.69 Å². The van der Waals surface area contributed by atoms with E-state index in [1.54, 1.807) is 24.3 Å². The molecule has 0 aliphatic rings. The molecule has 2 rings (SSSR count). The summed E-state index contributed by atoms with van der Waals surface area (Å²) in [5, 5.41) is 3.26. The quantitative estimate of drug-likeness (QED) is 0.936. The van der Waals surface area contributed by atoms with Crippen LogP contribution in [0.25, 0.3) is 0 Å². The lowest BCUT2D eigenvalue weighted by Crippen LogP contribution is -2.27. The molecular weight excluding hydrogens is 323 g/mol. The van der Waals surface area contributed by atoms with Crippen molar-refractivity contribution < 1.29 is 4.79 Å². The van der Waals surface area contributed by atoms with Crippen molar-refractivity contribution in [2.24, 2.45) is 0 Å². The fraction of sp³-hybridized carbons (Fsp3) is 0.0769. The molecular formula is C13H9Cl3N2O2. The fourth-order valence-corrected chi connectivity index (χ4v) is 2.28. The van der Waals surface area contributed by atoms with Crippen LogP contribution in [-0.2, 0) is 11.3 Å². The van der Waals surface area contributed by atoms with Crippen LogP contribution in [0.5, 0.6) is 0 Å². The maximum Gasteiger partial charge on any atom is 0.269 e. The summed E-state index contributed by atoms with van der Waals surface area (Å²) in [4.78, 5) is 23.6. The molecule has 0 saturated carbocycles. The maximum atomic E-state index is 11.9. The second-order valence-corrected chi connectivity index (χ2v) is 5.22. The molecule has 1 N–H and O–H groups in total. The van der Waals surface area contributed by atoms with Gasteiger partial charge < -0.3 is 9.88 Å². The molecule has 7 heteroatoms. The molecule has 1 amide bonds. The molecule has 20 heavy (non-hydrogen) atoms. The fourth-order valence-electron chi connectivity index (χ4n) is 1.59. The number of pyridine rings is 1. The van der Waals surface area contributed by atoms with E-state index in [1.165, 1.54) is 12.3 Å². The highest BCUT2D eigenvalue weighted by Crippen LogP contribution is 2.20. The molecule has 4 nitrogen and oxygen atoms in total. The zero-order valence-electron chi connectivity index (χ0n) is 10.1. The lowest BCUT2D eigenvalue weighted by Gasteiger charge is -2.09. The summed E-state index contributed by atoms with van der Waals surface area (Å²) >= 11 is 17.4. The summed E-state index contributed by atoms with van der Waals surface area (Å²) < 4.78 is 1.14. The van der Waals surface area contributed by atoms with Gasteiger partial charge in [-0.25, -0.2) is 0 Å². The van der Waals surface area contributed by atoms with E-state index < -0.39 is 11.5 Å². The minimum absolute atomic E-state index is 0.0388. The maximum absolute atomic E-state index is 11.9. The van der Waals surface area contributed by atoms with Crippen molar-refractivity contribution in [1.82, 2.24) is 4.57 Å². The van der Waals surface area contributed by atoms with Gasteiger partial charge in [-0.1, -0.05) is 46.9 Å². The van der Waals surface area contributed by atoms with Crippen LogP contribution in [0.1, 0.15) is 0 Å². The second kappa shape index (κ2) is 6.31. The first-order chi connectivity index (χ1) is 9.47. The van der Waals surface area contributed by atoms with Crippen LogP contribution in [0.2, 0.25) is 15.1 Å². The van der Waals surface area contributed by atoms with Crippen LogP contribution < -0.4 is 10.9 Å². The summed E-state index contributed by atoms with van der Waals surface area (Å²) in [6.45, 7) is -0.204. The van der Waals surface area contributed by atoms with E-state index in [0.29, 0.717) is 10.7 Å². The van der Waals surface area contributed by atoms with E-state index >= 15 is 0 Å². The van der Waals surface area contributed by atoms with Crippen molar-refractivity contribution in [3.63, 3.8) is 0 Å². The number of nitrogens with one attached hydrogen (secondary N) is 1. The van der Waals surface area contributed by atoms with Gasteiger partial charge in [-0.05, 0) is 18.2 Å². The number of hydrogen-bond donors (Lipinski definition) is 1. The number of amides is 1. The number of para-hydroxylation sites is 1. The number of hydrogen-bond acceptors (Lipinski definition) is 2. The van der Waals surface area contributed by atoms with Crippen molar-refractivity contribution in [2.75, 3.05) is 5.32 Å². The number of benzene rings is 1. The van der Waals surface area contributed by atoms with E-state index in [9.17, 15) is 9.59 Å². The van der Waals surface area contributed by atoms with Gasteiger partial charge >= 0.3 is 0 Å². The molecule has 0 radical (unpaired) electrons. The molecule has 1 aromatic carbocycles. The molecule has 2 aromatic rings. The Morgan fingerprint density at radius 2 is 1.85 bits per heavy atom.